The average Bonchev–Trinajstić information content (AvgIpc) is 3.04. The minimum Gasteiger partial charge on any atom is -0.480 e. The number of carboxylic acids is 1. The molecule has 1 unspecified atom stereocenters. The van der Waals surface area contributed by atoms with E-state index in [-0.39, 0.29) is 5.91 Å². The lowest BCUT2D eigenvalue weighted by Gasteiger charge is -2.16. The summed E-state index contributed by atoms with van der Waals surface area (Å²) < 4.78 is 1.72. The number of nitrogens with one attached hydrogen (secondary N) is 1. The van der Waals surface area contributed by atoms with Gasteiger partial charge < -0.3 is 10.4 Å². The van der Waals surface area contributed by atoms with E-state index < -0.39 is 12.0 Å². The second kappa shape index (κ2) is 8.12. The van der Waals surface area contributed by atoms with Crippen molar-refractivity contribution in [1.29, 1.82) is 0 Å². The van der Waals surface area contributed by atoms with Crippen molar-refractivity contribution >= 4 is 11.9 Å². The van der Waals surface area contributed by atoms with Crippen LogP contribution in [-0.2, 0) is 11.3 Å². The van der Waals surface area contributed by atoms with E-state index >= 15 is 0 Å². The van der Waals surface area contributed by atoms with Crippen LogP contribution in [0.2, 0.25) is 0 Å². The summed E-state index contributed by atoms with van der Waals surface area (Å²) in [4.78, 5) is 23.8. The van der Waals surface area contributed by atoms with Crippen LogP contribution in [-0.4, -0.2) is 32.8 Å². The van der Waals surface area contributed by atoms with Crippen LogP contribution in [0.3, 0.4) is 0 Å². The summed E-state index contributed by atoms with van der Waals surface area (Å²) in [5, 5.41) is 16.0. The van der Waals surface area contributed by atoms with Crippen molar-refractivity contribution in [2.24, 2.45) is 0 Å². The number of rotatable bonds is 8. The fourth-order valence-electron chi connectivity index (χ4n) is 2.35. The van der Waals surface area contributed by atoms with E-state index in [0.717, 1.165) is 18.4 Å². The van der Waals surface area contributed by atoms with Crippen LogP contribution in [0.25, 0.3) is 0 Å². The van der Waals surface area contributed by atoms with Gasteiger partial charge in [0.2, 0.25) is 0 Å². The molecule has 0 fully saturated rings. The molecule has 23 heavy (non-hydrogen) atoms. The Hall–Kier alpha value is -2.63. The lowest BCUT2D eigenvalue weighted by atomic mass is 10.1. The standard InChI is InChI=1S/C17H21N3O3/c1-2-3-9-15(17(22)23)19-16(21)14-8-5-4-7-13(14)12-20-11-6-10-18-20/h4-8,10-11,15H,2-3,9,12H2,1H3,(H,19,21)(H,22,23). The zero-order chi connectivity index (χ0) is 16.7. The Kier molecular flexibility index (Phi) is 5.91. The first-order chi connectivity index (χ1) is 11.1. The number of nitrogens with zero attached hydrogens (tertiary/aromatic N) is 2. The summed E-state index contributed by atoms with van der Waals surface area (Å²) in [5.74, 6) is -1.37. The molecule has 122 valence electrons. The minimum absolute atomic E-state index is 0.365. The number of unbranched alkanes of at least 4 members (excludes halogenated alkanes) is 1. The van der Waals surface area contributed by atoms with Gasteiger partial charge in [0.25, 0.3) is 5.91 Å². The highest BCUT2D eigenvalue weighted by Crippen LogP contribution is 2.11. The average molecular weight is 315 g/mol. The van der Waals surface area contributed by atoms with Crippen molar-refractivity contribution < 1.29 is 14.7 Å². The number of hydrogen-bond donors (Lipinski definition) is 2. The van der Waals surface area contributed by atoms with Crippen molar-refractivity contribution in [3.05, 3.63) is 53.9 Å². The molecule has 1 aromatic heterocycles. The number of aliphatic carboxylic acids is 1. The van der Waals surface area contributed by atoms with Gasteiger partial charge >= 0.3 is 5.97 Å². The van der Waals surface area contributed by atoms with E-state index in [9.17, 15) is 14.7 Å². The number of amides is 1. The predicted octanol–water partition coefficient (Wildman–Crippen LogP) is 2.30. The molecule has 0 spiro atoms. The maximum absolute atomic E-state index is 12.5. The van der Waals surface area contributed by atoms with Gasteiger partial charge in [0.15, 0.2) is 0 Å². The molecular formula is C17H21N3O3. The smallest absolute Gasteiger partial charge is 0.326 e. The highest BCUT2D eigenvalue weighted by atomic mass is 16.4. The van der Waals surface area contributed by atoms with Gasteiger partial charge in [-0.25, -0.2) is 4.79 Å². The molecule has 0 saturated carbocycles. The number of carbonyl (C=O) groups excluding carboxylic acids is 1. The maximum Gasteiger partial charge on any atom is 0.326 e. The Morgan fingerprint density at radius 1 is 1.30 bits per heavy atom. The van der Waals surface area contributed by atoms with Crippen LogP contribution >= 0.6 is 0 Å². The molecular weight excluding hydrogens is 294 g/mol. The second-order valence-corrected chi connectivity index (χ2v) is 5.37. The van der Waals surface area contributed by atoms with Gasteiger partial charge in [-0.3, -0.25) is 9.48 Å². The zero-order valence-corrected chi connectivity index (χ0v) is 13.1. The highest BCUT2D eigenvalue weighted by molar-refractivity contribution is 5.97. The molecule has 2 rings (SSSR count). The first-order valence-corrected chi connectivity index (χ1v) is 7.70. The highest BCUT2D eigenvalue weighted by Gasteiger charge is 2.21. The van der Waals surface area contributed by atoms with Gasteiger partial charge in [-0.2, -0.15) is 5.10 Å². The van der Waals surface area contributed by atoms with E-state index in [4.69, 9.17) is 0 Å². The molecule has 1 amide bonds. The van der Waals surface area contributed by atoms with Crippen LogP contribution < -0.4 is 5.32 Å². The molecule has 1 atom stereocenters. The number of benzene rings is 1. The van der Waals surface area contributed by atoms with Gasteiger partial charge in [0.05, 0.1) is 6.54 Å². The minimum atomic E-state index is -1.00. The van der Waals surface area contributed by atoms with Crippen LogP contribution in [0.1, 0.15) is 42.1 Å². The van der Waals surface area contributed by atoms with Gasteiger partial charge in [0.1, 0.15) is 6.04 Å². The van der Waals surface area contributed by atoms with Gasteiger partial charge in [0, 0.05) is 18.0 Å². The molecule has 2 aromatic rings. The van der Waals surface area contributed by atoms with Gasteiger partial charge in [-0.15, -0.1) is 0 Å². The molecule has 0 aliphatic carbocycles. The first kappa shape index (κ1) is 16.7. The fraction of sp³-hybridized carbons (Fsp3) is 0.353. The Balaban J connectivity index is 2.13. The van der Waals surface area contributed by atoms with Crippen LogP contribution in [0.15, 0.2) is 42.7 Å². The number of carboxylic acid groups (broad SMARTS) is 1. The maximum atomic E-state index is 12.5. The normalized spacial score (nSPS) is 11.9. The van der Waals surface area contributed by atoms with Crippen LogP contribution in [0.5, 0.6) is 0 Å². The summed E-state index contributed by atoms with van der Waals surface area (Å²) >= 11 is 0. The van der Waals surface area contributed by atoms with E-state index in [1.54, 1.807) is 23.0 Å². The van der Waals surface area contributed by atoms with Gasteiger partial charge in [-0.1, -0.05) is 38.0 Å². The summed E-state index contributed by atoms with van der Waals surface area (Å²) in [5.41, 5.74) is 1.28. The Morgan fingerprint density at radius 3 is 2.74 bits per heavy atom. The fourth-order valence-corrected chi connectivity index (χ4v) is 2.35. The lowest BCUT2D eigenvalue weighted by Crippen LogP contribution is -2.41. The molecule has 6 nitrogen and oxygen atoms in total. The first-order valence-electron chi connectivity index (χ1n) is 7.70. The molecule has 0 aliphatic heterocycles. The van der Waals surface area contributed by atoms with Crippen molar-refractivity contribution in [2.45, 2.75) is 38.8 Å². The molecule has 1 aromatic carbocycles. The second-order valence-electron chi connectivity index (χ2n) is 5.37. The number of hydrogen-bond acceptors (Lipinski definition) is 3. The van der Waals surface area contributed by atoms with Crippen molar-refractivity contribution in [3.8, 4) is 0 Å². The molecule has 1 heterocycles. The third kappa shape index (κ3) is 4.67. The Bertz CT molecular complexity index is 653. The molecule has 0 saturated heterocycles. The summed E-state index contributed by atoms with van der Waals surface area (Å²) in [7, 11) is 0. The third-order valence-electron chi connectivity index (χ3n) is 3.60. The lowest BCUT2D eigenvalue weighted by molar-refractivity contribution is -0.139. The molecule has 0 radical (unpaired) electrons. The summed E-state index contributed by atoms with van der Waals surface area (Å²) in [6.45, 7) is 2.45. The molecule has 6 heteroatoms. The monoisotopic (exact) mass is 315 g/mol. The number of carbonyl (C=O) groups is 2. The zero-order valence-electron chi connectivity index (χ0n) is 13.1. The van der Waals surface area contributed by atoms with E-state index in [2.05, 4.69) is 10.4 Å². The van der Waals surface area contributed by atoms with Gasteiger partial charge in [-0.05, 0) is 24.1 Å². The quantitative estimate of drug-likeness (QED) is 0.783. The van der Waals surface area contributed by atoms with Crippen molar-refractivity contribution in [2.75, 3.05) is 0 Å². The third-order valence-corrected chi connectivity index (χ3v) is 3.60. The Morgan fingerprint density at radius 2 is 2.09 bits per heavy atom. The van der Waals surface area contributed by atoms with E-state index in [1.165, 1.54) is 0 Å². The SMILES string of the molecule is CCCCC(NC(=O)c1ccccc1Cn1cccn1)C(=O)O. The number of aromatic nitrogens is 2. The molecule has 0 bridgehead atoms. The van der Waals surface area contributed by atoms with Crippen molar-refractivity contribution in [1.82, 2.24) is 15.1 Å². The Labute approximate surface area is 135 Å². The predicted molar refractivity (Wildman–Crippen MR) is 86.2 cm³/mol. The topological polar surface area (TPSA) is 84.2 Å². The molecule has 2 N–H and O–H groups in total. The van der Waals surface area contributed by atoms with E-state index in [0.29, 0.717) is 18.5 Å². The summed E-state index contributed by atoms with van der Waals surface area (Å²) in [6.07, 6.45) is 5.56. The van der Waals surface area contributed by atoms with Crippen molar-refractivity contribution in [3.63, 3.8) is 0 Å². The largest absolute Gasteiger partial charge is 0.480 e. The summed E-state index contributed by atoms with van der Waals surface area (Å²) in [6, 6.07) is 8.12. The van der Waals surface area contributed by atoms with Crippen LogP contribution in [0.4, 0.5) is 0 Å². The van der Waals surface area contributed by atoms with Crippen LogP contribution in [0, 0.1) is 0 Å². The van der Waals surface area contributed by atoms with E-state index in [1.807, 2.05) is 31.3 Å². The molecule has 0 aliphatic rings.